The van der Waals surface area contributed by atoms with E-state index >= 15 is 0 Å². The maximum absolute atomic E-state index is 13.0. The number of hydrazine groups is 1. The third kappa shape index (κ3) is 6.06. The second-order valence-electron chi connectivity index (χ2n) is 8.05. The first kappa shape index (κ1) is 24.5. The summed E-state index contributed by atoms with van der Waals surface area (Å²) in [5.41, 5.74) is 6.63. The summed E-state index contributed by atoms with van der Waals surface area (Å²) in [5, 5.41) is 0.834. The van der Waals surface area contributed by atoms with Crippen LogP contribution in [-0.4, -0.2) is 17.9 Å². The minimum absolute atomic E-state index is 0.235. The second-order valence-corrected chi connectivity index (χ2v) is 8.05. The Balaban J connectivity index is 1.28. The van der Waals surface area contributed by atoms with Crippen LogP contribution in [0, 0.1) is 12.7 Å². The standard InChI is InChI=1S/C27H23FN2O6/c1-16-13-25(31)36-24-14-22(11-12-23(16)24)34-15-18-3-5-19(6-4-18)27(33)30-29-26(32)17(2)35-21-9-7-20(28)8-10-21/h3-14,17H,15H2,1-2H3,(H,29,32)(H,30,33). The van der Waals surface area contributed by atoms with Crippen LogP contribution >= 0.6 is 0 Å². The highest BCUT2D eigenvalue weighted by atomic mass is 19.1. The van der Waals surface area contributed by atoms with Crippen molar-refractivity contribution in [1.82, 2.24) is 10.9 Å². The fourth-order valence-corrected chi connectivity index (χ4v) is 3.38. The fraction of sp³-hybridized carbons (Fsp3) is 0.148. The first-order valence-corrected chi connectivity index (χ1v) is 11.1. The third-order valence-electron chi connectivity index (χ3n) is 5.34. The van der Waals surface area contributed by atoms with Crippen molar-refractivity contribution >= 4 is 22.8 Å². The number of halogens is 1. The van der Waals surface area contributed by atoms with Gasteiger partial charge in [0.1, 0.15) is 29.5 Å². The number of aryl methyl sites for hydroxylation is 1. The lowest BCUT2D eigenvalue weighted by atomic mass is 10.1. The van der Waals surface area contributed by atoms with E-state index in [4.69, 9.17) is 13.9 Å². The van der Waals surface area contributed by atoms with Gasteiger partial charge in [-0.15, -0.1) is 0 Å². The summed E-state index contributed by atoms with van der Waals surface area (Å²) < 4.78 is 29.4. The largest absolute Gasteiger partial charge is 0.489 e. The molecule has 3 aromatic carbocycles. The topological polar surface area (TPSA) is 107 Å². The molecule has 1 aromatic heterocycles. The molecule has 2 amide bonds. The molecule has 4 aromatic rings. The van der Waals surface area contributed by atoms with E-state index in [0.717, 1.165) is 16.5 Å². The first-order valence-electron chi connectivity index (χ1n) is 11.1. The van der Waals surface area contributed by atoms with E-state index < -0.39 is 29.4 Å². The van der Waals surface area contributed by atoms with Crippen molar-refractivity contribution in [3.63, 3.8) is 0 Å². The molecule has 0 aliphatic carbocycles. The Morgan fingerprint density at radius 3 is 2.36 bits per heavy atom. The number of rotatable bonds is 7. The van der Waals surface area contributed by atoms with E-state index in [1.54, 1.807) is 36.4 Å². The van der Waals surface area contributed by atoms with Gasteiger partial charge < -0.3 is 13.9 Å². The molecule has 8 nitrogen and oxygen atoms in total. The van der Waals surface area contributed by atoms with Crippen LogP contribution in [0.25, 0.3) is 11.0 Å². The molecule has 0 saturated heterocycles. The van der Waals surface area contributed by atoms with Gasteiger partial charge in [0.25, 0.3) is 11.8 Å². The number of fused-ring (bicyclic) bond motifs is 1. The Labute approximate surface area is 205 Å². The van der Waals surface area contributed by atoms with Crippen LogP contribution < -0.4 is 26.0 Å². The van der Waals surface area contributed by atoms with E-state index in [-0.39, 0.29) is 6.61 Å². The predicted octanol–water partition coefficient (Wildman–Crippen LogP) is 4.05. The van der Waals surface area contributed by atoms with Gasteiger partial charge >= 0.3 is 5.63 Å². The number of carbonyl (C=O) groups is 2. The van der Waals surface area contributed by atoms with Crippen LogP contribution in [0.5, 0.6) is 11.5 Å². The summed E-state index contributed by atoms with van der Waals surface area (Å²) in [6.07, 6.45) is -0.915. The van der Waals surface area contributed by atoms with Crippen LogP contribution in [0.1, 0.15) is 28.4 Å². The minimum atomic E-state index is -0.915. The molecule has 0 aliphatic rings. The molecule has 0 bridgehead atoms. The molecule has 2 N–H and O–H groups in total. The molecule has 9 heteroatoms. The van der Waals surface area contributed by atoms with Crippen molar-refractivity contribution in [2.75, 3.05) is 0 Å². The molecule has 1 atom stereocenters. The summed E-state index contributed by atoms with van der Waals surface area (Å²) in [6.45, 7) is 3.58. The summed E-state index contributed by atoms with van der Waals surface area (Å²) in [6, 6.07) is 18.6. The van der Waals surface area contributed by atoms with Crippen molar-refractivity contribution < 1.29 is 27.9 Å². The molecular weight excluding hydrogens is 467 g/mol. The van der Waals surface area contributed by atoms with Gasteiger partial charge in [0.05, 0.1) is 0 Å². The number of hydrogen-bond acceptors (Lipinski definition) is 6. The van der Waals surface area contributed by atoms with Gasteiger partial charge in [0.2, 0.25) is 0 Å². The van der Waals surface area contributed by atoms with Crippen molar-refractivity contribution in [2.45, 2.75) is 26.6 Å². The molecular formula is C27H23FN2O6. The van der Waals surface area contributed by atoms with E-state index in [0.29, 0.717) is 22.6 Å². The summed E-state index contributed by atoms with van der Waals surface area (Å²) in [4.78, 5) is 36.1. The van der Waals surface area contributed by atoms with Gasteiger partial charge in [-0.2, -0.15) is 0 Å². The lowest BCUT2D eigenvalue weighted by Crippen LogP contribution is -2.47. The SMILES string of the molecule is Cc1cc(=O)oc2cc(OCc3ccc(C(=O)NNC(=O)C(C)Oc4ccc(F)cc4)cc3)ccc12. The molecule has 1 heterocycles. The van der Waals surface area contributed by atoms with E-state index in [1.165, 1.54) is 37.3 Å². The maximum Gasteiger partial charge on any atom is 0.336 e. The van der Waals surface area contributed by atoms with Gasteiger partial charge in [-0.25, -0.2) is 9.18 Å². The Hall–Kier alpha value is -4.66. The smallest absolute Gasteiger partial charge is 0.336 e. The van der Waals surface area contributed by atoms with Gasteiger partial charge in [0.15, 0.2) is 6.10 Å². The maximum atomic E-state index is 13.0. The third-order valence-corrected chi connectivity index (χ3v) is 5.34. The monoisotopic (exact) mass is 490 g/mol. The highest BCUT2D eigenvalue weighted by Gasteiger charge is 2.16. The Morgan fingerprint density at radius 1 is 0.944 bits per heavy atom. The molecule has 4 rings (SSSR count). The van der Waals surface area contributed by atoms with E-state index in [1.807, 2.05) is 13.0 Å². The molecule has 0 fully saturated rings. The number of nitrogens with one attached hydrogen (secondary N) is 2. The minimum Gasteiger partial charge on any atom is -0.489 e. The average molecular weight is 490 g/mol. The lowest BCUT2D eigenvalue weighted by Gasteiger charge is -2.15. The summed E-state index contributed by atoms with van der Waals surface area (Å²) in [5.74, 6) is -0.629. The van der Waals surface area contributed by atoms with Crippen LogP contribution in [-0.2, 0) is 11.4 Å². The molecule has 0 aliphatic heterocycles. The van der Waals surface area contributed by atoms with Crippen molar-refractivity contribution in [1.29, 1.82) is 0 Å². The second kappa shape index (κ2) is 10.7. The van der Waals surface area contributed by atoms with Gasteiger partial charge in [-0.1, -0.05) is 12.1 Å². The van der Waals surface area contributed by atoms with Crippen LogP contribution in [0.3, 0.4) is 0 Å². The number of hydrogen-bond donors (Lipinski definition) is 2. The van der Waals surface area contributed by atoms with E-state index in [2.05, 4.69) is 10.9 Å². The normalized spacial score (nSPS) is 11.5. The first-order chi connectivity index (χ1) is 17.3. The Kier molecular flexibility index (Phi) is 7.29. The molecule has 0 saturated carbocycles. The molecule has 0 radical (unpaired) electrons. The molecule has 36 heavy (non-hydrogen) atoms. The summed E-state index contributed by atoms with van der Waals surface area (Å²) in [7, 11) is 0. The lowest BCUT2D eigenvalue weighted by molar-refractivity contribution is -0.128. The van der Waals surface area contributed by atoms with Gasteiger partial charge in [-0.3, -0.25) is 20.4 Å². The molecule has 184 valence electrons. The van der Waals surface area contributed by atoms with Crippen LogP contribution in [0.15, 0.2) is 82.0 Å². The summed E-state index contributed by atoms with van der Waals surface area (Å²) >= 11 is 0. The highest BCUT2D eigenvalue weighted by Crippen LogP contribution is 2.23. The van der Waals surface area contributed by atoms with Crippen molar-refractivity contribution in [3.05, 3.63) is 106 Å². The van der Waals surface area contributed by atoms with E-state index in [9.17, 15) is 18.8 Å². The molecule has 0 spiro atoms. The Bertz CT molecular complexity index is 1450. The zero-order valence-electron chi connectivity index (χ0n) is 19.5. The van der Waals surface area contributed by atoms with Crippen LogP contribution in [0.4, 0.5) is 4.39 Å². The van der Waals surface area contributed by atoms with Crippen molar-refractivity contribution in [3.8, 4) is 11.5 Å². The van der Waals surface area contributed by atoms with Gasteiger partial charge in [-0.05, 0) is 73.5 Å². The number of ether oxygens (including phenoxy) is 2. The average Bonchev–Trinajstić information content (AvgIpc) is 2.87. The van der Waals surface area contributed by atoms with Gasteiger partial charge in [0, 0.05) is 23.1 Å². The van der Waals surface area contributed by atoms with Crippen LogP contribution in [0.2, 0.25) is 0 Å². The zero-order chi connectivity index (χ0) is 25.7. The highest BCUT2D eigenvalue weighted by molar-refractivity contribution is 5.95. The molecule has 1 unspecified atom stereocenters. The number of benzene rings is 3. The zero-order valence-corrected chi connectivity index (χ0v) is 19.5. The fourth-order valence-electron chi connectivity index (χ4n) is 3.38. The number of amides is 2. The van der Waals surface area contributed by atoms with Crippen molar-refractivity contribution in [2.24, 2.45) is 0 Å². The quantitative estimate of drug-likeness (QED) is 0.299. The predicted molar refractivity (Wildman–Crippen MR) is 130 cm³/mol. The Morgan fingerprint density at radius 2 is 1.64 bits per heavy atom. The number of carbonyl (C=O) groups excluding carboxylic acids is 2.